The number of benzene rings is 3. The molecule has 0 saturated heterocycles. The number of hydrogen-bond acceptors (Lipinski definition) is 4. The molecule has 0 aliphatic heterocycles. The topological polar surface area (TPSA) is 95.3 Å². The normalized spacial score (nSPS) is 9.58. The van der Waals surface area contributed by atoms with Crippen LogP contribution in [0.3, 0.4) is 0 Å². The van der Waals surface area contributed by atoms with E-state index in [0.29, 0.717) is 11.1 Å². The minimum absolute atomic E-state index is 0.131. The summed E-state index contributed by atoms with van der Waals surface area (Å²) in [5.74, 6) is 4.42. The van der Waals surface area contributed by atoms with Crippen LogP contribution in [0.2, 0.25) is 0 Å². The van der Waals surface area contributed by atoms with Gasteiger partial charge in [-0.05, 0) is 33.3 Å². The largest absolute Gasteiger partial charge is 0.258 e. The Balaban J connectivity index is 2.73. The van der Waals surface area contributed by atoms with Gasteiger partial charge in [0.15, 0.2) is 0 Å². The Bertz CT molecular complexity index is 1020. The van der Waals surface area contributed by atoms with Crippen LogP contribution in [-0.4, -0.2) is 11.7 Å². The molecule has 0 fully saturated rings. The molecule has 0 heterocycles. The monoisotopic (exact) mass is 306 g/mol. The molecular weight excluding hydrogens is 296 g/mol. The molecule has 110 valence electrons. The van der Waals surface area contributed by atoms with E-state index in [0.717, 1.165) is 21.5 Å². The van der Waals surface area contributed by atoms with Crippen LogP contribution in [-0.2, 0) is 0 Å². The van der Waals surface area contributed by atoms with E-state index in [9.17, 15) is 10.5 Å². The molecule has 4 nitrogen and oxygen atoms in total. The van der Waals surface area contributed by atoms with Crippen LogP contribution in [0.25, 0.3) is 32.7 Å². The summed E-state index contributed by atoms with van der Waals surface area (Å²) in [7, 11) is 0. The lowest BCUT2D eigenvalue weighted by Gasteiger charge is -2.14. The lowest BCUT2D eigenvalue weighted by atomic mass is 9.87. The average molecular weight is 306 g/mol. The third kappa shape index (κ3) is 2.10. The summed E-state index contributed by atoms with van der Waals surface area (Å²) in [6.45, 7) is 0. The lowest BCUT2D eigenvalue weighted by Crippen LogP contribution is -1.95. The molecule has 0 saturated carbocycles. The smallest absolute Gasteiger partial charge is 0.121 e. The van der Waals surface area contributed by atoms with E-state index < -0.39 is 0 Å². The Kier molecular flexibility index (Phi) is 3.77. The van der Waals surface area contributed by atoms with Crippen molar-refractivity contribution in [1.29, 1.82) is 21.3 Å². The van der Waals surface area contributed by atoms with Crippen molar-refractivity contribution in [3.8, 4) is 12.1 Å². The summed E-state index contributed by atoms with van der Waals surface area (Å²) in [5.41, 5.74) is 1.49. The molecule has 3 aromatic carbocycles. The maximum atomic E-state index is 9.40. The van der Waals surface area contributed by atoms with E-state index in [2.05, 4.69) is 11.7 Å². The second-order valence-electron chi connectivity index (χ2n) is 5.06. The van der Waals surface area contributed by atoms with Crippen LogP contribution >= 0.6 is 0 Å². The highest BCUT2D eigenvalue weighted by Gasteiger charge is 2.18. The summed E-state index contributed by atoms with van der Waals surface area (Å²) in [6.07, 6.45) is 0. The zero-order valence-electron chi connectivity index (χ0n) is 12.5. The summed E-state index contributed by atoms with van der Waals surface area (Å²) in [6, 6.07) is 18.8. The zero-order valence-corrected chi connectivity index (χ0v) is 12.5. The standard InChI is InChI=1S/C20H10N4/c21-9-13(10-22)19-15-5-1-2-6-16(15)20(14(11-23)12-24)18-8-4-3-7-17(18)19/h1-8,21,23H. The van der Waals surface area contributed by atoms with Crippen molar-refractivity contribution in [2.45, 2.75) is 0 Å². The van der Waals surface area contributed by atoms with Crippen molar-refractivity contribution in [2.75, 3.05) is 0 Å². The number of allylic oxidation sites excluding steroid dienone is 2. The molecule has 0 radical (unpaired) electrons. The van der Waals surface area contributed by atoms with Gasteiger partial charge in [0.1, 0.15) is 23.3 Å². The Morgan fingerprint density at radius 3 is 1.12 bits per heavy atom. The van der Waals surface area contributed by atoms with Crippen molar-refractivity contribution in [3.05, 3.63) is 59.7 Å². The van der Waals surface area contributed by atoms with Crippen molar-refractivity contribution in [1.82, 2.24) is 0 Å². The fourth-order valence-corrected chi connectivity index (χ4v) is 2.96. The Labute approximate surface area is 138 Å². The second kappa shape index (κ2) is 6.05. The molecule has 0 spiro atoms. The van der Waals surface area contributed by atoms with E-state index in [-0.39, 0.29) is 11.1 Å². The predicted molar refractivity (Wildman–Crippen MR) is 94.9 cm³/mol. The quantitative estimate of drug-likeness (QED) is 0.419. The third-order valence-electron chi connectivity index (χ3n) is 3.91. The first-order chi connectivity index (χ1) is 11.8. The van der Waals surface area contributed by atoms with Crippen molar-refractivity contribution >= 4 is 44.4 Å². The predicted octanol–water partition coefficient (Wildman–Crippen LogP) is 4.30. The minimum atomic E-state index is 0.131. The summed E-state index contributed by atoms with van der Waals surface area (Å²) in [4.78, 5) is 0. The van der Waals surface area contributed by atoms with E-state index >= 15 is 0 Å². The van der Waals surface area contributed by atoms with Gasteiger partial charge < -0.3 is 0 Å². The van der Waals surface area contributed by atoms with Gasteiger partial charge in [0.05, 0.1) is 0 Å². The summed E-state index contributed by atoms with van der Waals surface area (Å²) >= 11 is 0. The Morgan fingerprint density at radius 2 is 0.917 bits per heavy atom. The molecule has 2 N–H and O–H groups in total. The van der Waals surface area contributed by atoms with Gasteiger partial charge in [-0.1, -0.05) is 48.5 Å². The molecule has 0 aliphatic carbocycles. The maximum absolute atomic E-state index is 9.40. The fraction of sp³-hybridized carbons (Fsp3) is 0. The fourth-order valence-electron chi connectivity index (χ4n) is 2.96. The van der Waals surface area contributed by atoms with Gasteiger partial charge in [-0.25, -0.2) is 0 Å². The van der Waals surface area contributed by atoms with Gasteiger partial charge in [-0.3, -0.25) is 10.8 Å². The molecule has 24 heavy (non-hydrogen) atoms. The van der Waals surface area contributed by atoms with Crippen molar-refractivity contribution < 1.29 is 0 Å². The second-order valence-corrected chi connectivity index (χ2v) is 5.06. The van der Waals surface area contributed by atoms with Gasteiger partial charge in [-0.2, -0.15) is 10.5 Å². The first-order valence-corrected chi connectivity index (χ1v) is 7.10. The average Bonchev–Trinajstić information content (AvgIpc) is 2.64. The molecular formula is C20H10N4. The van der Waals surface area contributed by atoms with Crippen LogP contribution in [0.4, 0.5) is 0 Å². The van der Waals surface area contributed by atoms with Gasteiger partial charge in [0, 0.05) is 11.1 Å². The third-order valence-corrected chi connectivity index (χ3v) is 3.91. The van der Waals surface area contributed by atoms with Gasteiger partial charge in [0.25, 0.3) is 0 Å². The highest BCUT2D eigenvalue weighted by molar-refractivity contribution is 6.22. The number of nitriles is 2. The van der Waals surface area contributed by atoms with E-state index in [4.69, 9.17) is 10.8 Å². The number of fused-ring (bicyclic) bond motifs is 2. The molecule has 3 rings (SSSR count). The molecule has 0 amide bonds. The van der Waals surface area contributed by atoms with Crippen LogP contribution < -0.4 is 0 Å². The van der Waals surface area contributed by atoms with Crippen LogP contribution in [0.5, 0.6) is 0 Å². The van der Waals surface area contributed by atoms with Crippen molar-refractivity contribution in [2.24, 2.45) is 0 Å². The Morgan fingerprint density at radius 1 is 0.625 bits per heavy atom. The summed E-state index contributed by atoms with van der Waals surface area (Å²) < 4.78 is 0. The first kappa shape index (κ1) is 15.0. The Hall–Kier alpha value is -3.94. The minimum Gasteiger partial charge on any atom is -0.258 e. The highest BCUT2D eigenvalue weighted by atomic mass is 14.3. The SMILES string of the molecule is N#CC(=C=N)c1c2ccccc2c(C(=C=N)C#N)c2ccccc12. The number of rotatable bonds is 2. The molecule has 4 heteroatoms. The van der Waals surface area contributed by atoms with Gasteiger partial charge in [0.2, 0.25) is 0 Å². The molecule has 0 aromatic heterocycles. The molecule has 0 bridgehead atoms. The zero-order chi connectivity index (χ0) is 17.1. The number of nitrogens with one attached hydrogen (secondary N) is 2. The lowest BCUT2D eigenvalue weighted by molar-refractivity contribution is 1.53. The molecule has 0 unspecified atom stereocenters. The number of hydrogen-bond donors (Lipinski definition) is 2. The van der Waals surface area contributed by atoms with Gasteiger partial charge in [-0.15, -0.1) is 0 Å². The highest BCUT2D eigenvalue weighted by Crippen LogP contribution is 2.38. The maximum Gasteiger partial charge on any atom is 0.121 e. The van der Waals surface area contributed by atoms with Crippen molar-refractivity contribution in [3.63, 3.8) is 0 Å². The van der Waals surface area contributed by atoms with E-state index in [1.54, 1.807) is 0 Å². The van der Waals surface area contributed by atoms with Crippen LogP contribution in [0, 0.1) is 33.5 Å². The van der Waals surface area contributed by atoms with Gasteiger partial charge >= 0.3 is 0 Å². The number of nitrogens with zero attached hydrogens (tertiary/aromatic N) is 2. The summed E-state index contributed by atoms with van der Waals surface area (Å²) in [5, 5.41) is 36.7. The van der Waals surface area contributed by atoms with Crippen LogP contribution in [0.1, 0.15) is 11.1 Å². The first-order valence-electron chi connectivity index (χ1n) is 7.10. The molecule has 3 aromatic rings. The molecule has 0 atom stereocenters. The molecule has 0 aliphatic rings. The van der Waals surface area contributed by atoms with E-state index in [1.807, 2.05) is 60.7 Å². The van der Waals surface area contributed by atoms with Crippen LogP contribution in [0.15, 0.2) is 48.5 Å². The van der Waals surface area contributed by atoms with E-state index in [1.165, 1.54) is 0 Å².